The molecule has 0 N–H and O–H groups in total. The number of hydrogen-bond acceptors (Lipinski definition) is 3. The summed E-state index contributed by atoms with van der Waals surface area (Å²) in [6, 6.07) is 2.55. The van der Waals surface area contributed by atoms with Crippen LogP contribution in [0, 0.1) is 10.1 Å². The Kier molecular flexibility index (Phi) is 3.36. The Labute approximate surface area is 88.8 Å². The van der Waals surface area contributed by atoms with Crippen molar-refractivity contribution in [2.45, 2.75) is 13.1 Å². The highest BCUT2D eigenvalue weighted by Gasteiger charge is 2.38. The Hall–Kier alpha value is -1.79. The maximum absolute atomic E-state index is 12.5. The minimum Gasteiger partial charge on any atom is -0.494 e. The van der Waals surface area contributed by atoms with E-state index in [2.05, 4.69) is 0 Å². The molecule has 0 saturated carbocycles. The minimum absolute atomic E-state index is 0.0413. The second-order valence-electron chi connectivity index (χ2n) is 2.87. The molecule has 16 heavy (non-hydrogen) atoms. The number of alkyl halides is 3. The van der Waals surface area contributed by atoms with E-state index in [4.69, 9.17) is 4.74 Å². The fourth-order valence-corrected chi connectivity index (χ4v) is 1.16. The van der Waals surface area contributed by atoms with E-state index in [0.29, 0.717) is 6.07 Å². The maximum Gasteiger partial charge on any atom is 0.423 e. The molecule has 0 amide bonds. The second-order valence-corrected chi connectivity index (χ2v) is 2.87. The molecule has 0 fully saturated rings. The van der Waals surface area contributed by atoms with Crippen LogP contribution in [-0.4, -0.2) is 11.5 Å². The van der Waals surface area contributed by atoms with E-state index >= 15 is 0 Å². The van der Waals surface area contributed by atoms with E-state index in [0.717, 1.165) is 12.1 Å². The molecule has 0 atom stereocenters. The van der Waals surface area contributed by atoms with Gasteiger partial charge in [0, 0.05) is 6.07 Å². The van der Waals surface area contributed by atoms with Crippen LogP contribution in [-0.2, 0) is 6.18 Å². The average Bonchev–Trinajstić information content (AvgIpc) is 2.16. The summed E-state index contributed by atoms with van der Waals surface area (Å²) in [7, 11) is 0. The van der Waals surface area contributed by atoms with Crippen molar-refractivity contribution < 1.29 is 22.8 Å². The lowest BCUT2D eigenvalue weighted by Gasteiger charge is -2.09. The molecule has 0 unspecified atom stereocenters. The molecular weight excluding hydrogens is 227 g/mol. The van der Waals surface area contributed by atoms with E-state index in [-0.39, 0.29) is 12.4 Å². The number of nitro benzene ring substituents is 1. The van der Waals surface area contributed by atoms with Gasteiger partial charge in [-0.15, -0.1) is 0 Å². The van der Waals surface area contributed by atoms with Gasteiger partial charge < -0.3 is 4.74 Å². The number of halogens is 3. The summed E-state index contributed by atoms with van der Waals surface area (Å²) in [6.07, 6.45) is -4.77. The van der Waals surface area contributed by atoms with Gasteiger partial charge in [-0.25, -0.2) is 0 Å². The van der Waals surface area contributed by atoms with Gasteiger partial charge in [0.05, 0.1) is 11.5 Å². The lowest BCUT2D eigenvalue weighted by molar-refractivity contribution is -0.388. The van der Waals surface area contributed by atoms with Crippen LogP contribution in [0.1, 0.15) is 12.5 Å². The van der Waals surface area contributed by atoms with E-state index in [9.17, 15) is 23.3 Å². The van der Waals surface area contributed by atoms with Crippen molar-refractivity contribution in [2.24, 2.45) is 0 Å². The van der Waals surface area contributed by atoms with Gasteiger partial charge in [0.25, 0.3) is 5.69 Å². The van der Waals surface area contributed by atoms with Gasteiger partial charge in [-0.1, -0.05) is 0 Å². The van der Waals surface area contributed by atoms with Crippen LogP contribution in [0.25, 0.3) is 0 Å². The number of ether oxygens (including phenoxy) is 1. The number of nitrogens with zero attached hydrogens (tertiary/aromatic N) is 1. The minimum atomic E-state index is -4.77. The van der Waals surface area contributed by atoms with Crippen LogP contribution < -0.4 is 4.74 Å². The fraction of sp³-hybridized carbons (Fsp3) is 0.333. The topological polar surface area (TPSA) is 52.4 Å². The molecule has 0 saturated heterocycles. The summed E-state index contributed by atoms with van der Waals surface area (Å²) in [4.78, 5) is 9.33. The third kappa shape index (κ3) is 2.62. The average molecular weight is 235 g/mol. The third-order valence-corrected chi connectivity index (χ3v) is 1.78. The highest BCUT2D eigenvalue weighted by Crippen LogP contribution is 2.37. The molecule has 0 radical (unpaired) electrons. The molecule has 0 spiro atoms. The number of nitro groups is 1. The van der Waals surface area contributed by atoms with Gasteiger partial charge in [-0.2, -0.15) is 13.2 Å². The van der Waals surface area contributed by atoms with Crippen LogP contribution in [0.5, 0.6) is 5.75 Å². The molecule has 0 aliphatic carbocycles. The van der Waals surface area contributed by atoms with Crippen LogP contribution in [0.2, 0.25) is 0 Å². The molecule has 0 bridgehead atoms. The van der Waals surface area contributed by atoms with Crippen molar-refractivity contribution in [2.75, 3.05) is 6.61 Å². The van der Waals surface area contributed by atoms with Gasteiger partial charge in [0.2, 0.25) is 0 Å². The second kappa shape index (κ2) is 4.38. The van der Waals surface area contributed by atoms with Gasteiger partial charge in [0.1, 0.15) is 11.3 Å². The number of rotatable bonds is 3. The van der Waals surface area contributed by atoms with E-state index in [1.54, 1.807) is 6.92 Å². The quantitative estimate of drug-likeness (QED) is 0.597. The van der Waals surface area contributed by atoms with Gasteiger partial charge in [-0.05, 0) is 19.1 Å². The molecule has 1 aromatic carbocycles. The van der Waals surface area contributed by atoms with Crippen molar-refractivity contribution in [1.29, 1.82) is 0 Å². The lowest BCUT2D eigenvalue weighted by atomic mass is 10.1. The highest BCUT2D eigenvalue weighted by atomic mass is 19.4. The summed E-state index contributed by atoms with van der Waals surface area (Å²) in [5.74, 6) is -0.0413. The van der Waals surface area contributed by atoms with Crippen LogP contribution in [0.4, 0.5) is 18.9 Å². The lowest BCUT2D eigenvalue weighted by Crippen LogP contribution is -2.09. The monoisotopic (exact) mass is 235 g/mol. The summed E-state index contributed by atoms with van der Waals surface area (Å²) < 4.78 is 42.3. The maximum atomic E-state index is 12.5. The first kappa shape index (κ1) is 12.3. The predicted octanol–water partition coefficient (Wildman–Crippen LogP) is 3.01. The van der Waals surface area contributed by atoms with Crippen molar-refractivity contribution >= 4 is 5.69 Å². The Morgan fingerprint density at radius 1 is 1.44 bits per heavy atom. The Morgan fingerprint density at radius 3 is 2.50 bits per heavy atom. The highest BCUT2D eigenvalue weighted by molar-refractivity contribution is 5.46. The van der Waals surface area contributed by atoms with Crippen molar-refractivity contribution in [3.05, 3.63) is 33.9 Å². The molecule has 1 rings (SSSR count). The van der Waals surface area contributed by atoms with Gasteiger partial charge in [0.15, 0.2) is 0 Å². The van der Waals surface area contributed by atoms with Crippen LogP contribution in [0.3, 0.4) is 0 Å². The molecular formula is C9H8F3NO3. The van der Waals surface area contributed by atoms with Gasteiger partial charge in [-0.3, -0.25) is 10.1 Å². The summed E-state index contributed by atoms with van der Waals surface area (Å²) in [5.41, 5.74) is -2.28. The molecule has 1 aromatic rings. The zero-order valence-electron chi connectivity index (χ0n) is 8.25. The molecule has 88 valence electrons. The zero-order chi connectivity index (χ0) is 12.3. The molecule has 0 aliphatic rings. The Morgan fingerprint density at radius 2 is 2.06 bits per heavy atom. The number of hydrogen-bond donors (Lipinski definition) is 0. The Balaban J connectivity index is 3.27. The first-order valence-electron chi connectivity index (χ1n) is 4.34. The van der Waals surface area contributed by atoms with Crippen molar-refractivity contribution in [3.63, 3.8) is 0 Å². The van der Waals surface area contributed by atoms with E-state index in [1.807, 2.05) is 0 Å². The smallest absolute Gasteiger partial charge is 0.423 e. The summed E-state index contributed by atoms with van der Waals surface area (Å²) in [6.45, 7) is 1.80. The molecule has 4 nitrogen and oxygen atoms in total. The molecule has 0 aromatic heterocycles. The van der Waals surface area contributed by atoms with E-state index < -0.39 is 22.4 Å². The largest absolute Gasteiger partial charge is 0.494 e. The van der Waals surface area contributed by atoms with Crippen molar-refractivity contribution in [3.8, 4) is 5.75 Å². The third-order valence-electron chi connectivity index (χ3n) is 1.78. The first-order chi connectivity index (χ1) is 7.36. The van der Waals surface area contributed by atoms with Crippen LogP contribution in [0.15, 0.2) is 18.2 Å². The summed E-state index contributed by atoms with van der Waals surface area (Å²) >= 11 is 0. The molecule has 0 aliphatic heterocycles. The Bertz CT molecular complexity index is 403. The van der Waals surface area contributed by atoms with Crippen molar-refractivity contribution in [1.82, 2.24) is 0 Å². The molecule has 0 heterocycles. The summed E-state index contributed by atoms with van der Waals surface area (Å²) in [5, 5.41) is 10.4. The zero-order valence-corrected chi connectivity index (χ0v) is 8.25. The fourth-order valence-electron chi connectivity index (χ4n) is 1.16. The SMILES string of the molecule is CCOc1ccc([N+](=O)[O-])c(C(F)(F)F)c1. The van der Waals surface area contributed by atoms with Gasteiger partial charge >= 0.3 is 6.18 Å². The molecule has 7 heteroatoms. The first-order valence-corrected chi connectivity index (χ1v) is 4.34. The number of benzene rings is 1. The predicted molar refractivity (Wildman–Crippen MR) is 49.3 cm³/mol. The van der Waals surface area contributed by atoms with E-state index in [1.165, 1.54) is 0 Å². The van der Waals surface area contributed by atoms with Crippen LogP contribution >= 0.6 is 0 Å². The normalized spacial score (nSPS) is 11.2. The standard InChI is InChI=1S/C9H8F3NO3/c1-2-16-6-3-4-8(13(14)15)7(5-6)9(10,11)12/h3-5H,2H2,1H3.